The summed E-state index contributed by atoms with van der Waals surface area (Å²) in [6.07, 6.45) is -4.38. The van der Waals surface area contributed by atoms with Crippen LogP contribution in [0.3, 0.4) is 0 Å². The molecule has 96 valence electrons. The van der Waals surface area contributed by atoms with Crippen LogP contribution < -0.4 is 5.73 Å². The molecule has 6 heteroatoms. The van der Waals surface area contributed by atoms with Gasteiger partial charge < -0.3 is 5.73 Å². The lowest BCUT2D eigenvalue weighted by Gasteiger charge is -2.09. The van der Waals surface area contributed by atoms with Crippen LogP contribution >= 0.6 is 22.9 Å². The monoisotopic (exact) mass is 291 g/mol. The van der Waals surface area contributed by atoms with Crippen molar-refractivity contribution in [2.45, 2.75) is 13.1 Å². The maximum absolute atomic E-state index is 12.5. The summed E-state index contributed by atoms with van der Waals surface area (Å²) < 4.78 is 38.1. The zero-order valence-electron chi connectivity index (χ0n) is 9.31. The minimum atomic E-state index is -4.38. The molecule has 0 radical (unpaired) electrons. The summed E-state index contributed by atoms with van der Waals surface area (Å²) in [6.45, 7) is 1.84. The number of nitrogens with two attached hydrogens (primary N) is 1. The van der Waals surface area contributed by atoms with Crippen LogP contribution in [0.1, 0.15) is 11.1 Å². The Hall–Kier alpha value is -1.20. The van der Waals surface area contributed by atoms with Crippen molar-refractivity contribution in [1.82, 2.24) is 0 Å². The molecule has 0 aliphatic rings. The van der Waals surface area contributed by atoms with Gasteiger partial charge in [0.05, 0.1) is 9.90 Å². The third-order valence-electron chi connectivity index (χ3n) is 2.50. The third kappa shape index (κ3) is 2.47. The van der Waals surface area contributed by atoms with Gasteiger partial charge in [-0.25, -0.2) is 0 Å². The van der Waals surface area contributed by atoms with Crippen molar-refractivity contribution in [3.05, 3.63) is 39.7 Å². The quantitative estimate of drug-likeness (QED) is 0.737. The van der Waals surface area contributed by atoms with Gasteiger partial charge in [0.1, 0.15) is 0 Å². The van der Waals surface area contributed by atoms with E-state index in [0.29, 0.717) is 9.90 Å². The van der Waals surface area contributed by atoms with Crippen molar-refractivity contribution in [2.24, 2.45) is 0 Å². The lowest BCUT2D eigenvalue weighted by Crippen LogP contribution is -2.05. The van der Waals surface area contributed by atoms with Crippen molar-refractivity contribution in [1.29, 1.82) is 0 Å². The lowest BCUT2D eigenvalue weighted by molar-refractivity contribution is -0.137. The van der Waals surface area contributed by atoms with Crippen LogP contribution in [0.4, 0.5) is 18.9 Å². The summed E-state index contributed by atoms with van der Waals surface area (Å²) in [5.74, 6) is 0. The first-order valence-electron chi connectivity index (χ1n) is 5.02. The van der Waals surface area contributed by atoms with E-state index in [1.165, 1.54) is 17.4 Å². The van der Waals surface area contributed by atoms with E-state index in [0.717, 1.165) is 22.6 Å². The first kappa shape index (κ1) is 13.2. The molecule has 0 saturated carbocycles. The predicted octanol–water partition coefficient (Wildman–Crippen LogP) is 4.98. The van der Waals surface area contributed by atoms with E-state index < -0.39 is 11.7 Å². The third-order valence-corrected chi connectivity index (χ3v) is 4.09. The van der Waals surface area contributed by atoms with E-state index in [-0.39, 0.29) is 5.69 Å². The number of benzene rings is 1. The highest BCUT2D eigenvalue weighted by atomic mass is 35.5. The molecule has 0 fully saturated rings. The molecule has 1 heterocycles. The molecular weight excluding hydrogens is 283 g/mol. The van der Waals surface area contributed by atoms with E-state index in [1.54, 1.807) is 0 Å². The maximum atomic E-state index is 12.5. The minimum Gasteiger partial charge on any atom is -0.398 e. The average molecular weight is 292 g/mol. The molecule has 0 atom stereocenters. The summed E-state index contributed by atoms with van der Waals surface area (Å²) >= 11 is 7.23. The Balaban J connectivity index is 2.48. The molecule has 2 rings (SSSR count). The summed E-state index contributed by atoms with van der Waals surface area (Å²) in [5.41, 5.74) is 6.48. The Morgan fingerprint density at radius 3 is 2.33 bits per heavy atom. The minimum absolute atomic E-state index is 0.0998. The number of anilines is 1. The van der Waals surface area contributed by atoms with Gasteiger partial charge in [-0.15, -0.1) is 11.3 Å². The van der Waals surface area contributed by atoms with Crippen LogP contribution in [0, 0.1) is 6.92 Å². The Morgan fingerprint density at radius 1 is 1.22 bits per heavy atom. The average Bonchev–Trinajstić information content (AvgIpc) is 2.57. The number of rotatable bonds is 1. The van der Waals surface area contributed by atoms with E-state index in [9.17, 15) is 13.2 Å². The maximum Gasteiger partial charge on any atom is 0.416 e. The zero-order valence-corrected chi connectivity index (χ0v) is 10.9. The van der Waals surface area contributed by atoms with E-state index >= 15 is 0 Å². The number of aryl methyl sites for hydroxylation is 1. The summed E-state index contributed by atoms with van der Waals surface area (Å²) in [4.78, 5) is 0.767. The number of thiophene rings is 1. The standard InChI is InChI=1S/C12H9ClF3NS/c1-6-4-10(18-11(6)13)8-3-2-7(5-9(8)17)12(14,15)16/h2-5H,17H2,1H3. The molecule has 1 nitrogen and oxygen atoms in total. The first-order chi connectivity index (χ1) is 8.29. The second kappa shape index (κ2) is 4.48. The van der Waals surface area contributed by atoms with Gasteiger partial charge in [0.25, 0.3) is 0 Å². The smallest absolute Gasteiger partial charge is 0.398 e. The number of alkyl halides is 3. The van der Waals surface area contributed by atoms with E-state index in [2.05, 4.69) is 0 Å². The number of hydrogen-bond donors (Lipinski definition) is 1. The molecule has 18 heavy (non-hydrogen) atoms. The van der Waals surface area contributed by atoms with Gasteiger partial charge in [0, 0.05) is 16.1 Å². The molecule has 0 aliphatic heterocycles. The van der Waals surface area contributed by atoms with E-state index in [4.69, 9.17) is 17.3 Å². The highest BCUT2D eigenvalue weighted by molar-refractivity contribution is 7.19. The van der Waals surface area contributed by atoms with E-state index in [1.807, 2.05) is 13.0 Å². The zero-order chi connectivity index (χ0) is 13.5. The fraction of sp³-hybridized carbons (Fsp3) is 0.167. The van der Waals surface area contributed by atoms with Gasteiger partial charge in [0.2, 0.25) is 0 Å². The molecule has 2 aromatic rings. The van der Waals surface area contributed by atoms with Crippen LogP contribution in [0.2, 0.25) is 4.34 Å². The van der Waals surface area contributed by atoms with Gasteiger partial charge in [-0.2, -0.15) is 13.2 Å². The van der Waals surface area contributed by atoms with Crippen LogP contribution in [0.25, 0.3) is 10.4 Å². The van der Waals surface area contributed by atoms with Crippen LogP contribution in [-0.4, -0.2) is 0 Å². The Morgan fingerprint density at radius 2 is 1.89 bits per heavy atom. The molecule has 0 aliphatic carbocycles. The molecule has 0 unspecified atom stereocenters. The van der Waals surface area contributed by atoms with Gasteiger partial charge in [-0.1, -0.05) is 17.7 Å². The number of hydrogen-bond acceptors (Lipinski definition) is 2. The second-order valence-corrected chi connectivity index (χ2v) is 5.52. The largest absolute Gasteiger partial charge is 0.416 e. The topological polar surface area (TPSA) is 26.0 Å². The number of nitrogen functional groups attached to an aromatic ring is 1. The number of halogens is 4. The second-order valence-electron chi connectivity index (χ2n) is 3.87. The first-order valence-corrected chi connectivity index (χ1v) is 6.21. The van der Waals surface area contributed by atoms with Crippen molar-refractivity contribution in [3.8, 4) is 10.4 Å². The van der Waals surface area contributed by atoms with Crippen LogP contribution in [-0.2, 0) is 6.18 Å². The van der Waals surface area contributed by atoms with Crippen molar-refractivity contribution < 1.29 is 13.2 Å². The Bertz CT molecular complexity index is 570. The molecule has 0 amide bonds. The van der Waals surface area contributed by atoms with Crippen LogP contribution in [0.15, 0.2) is 24.3 Å². The normalized spacial score (nSPS) is 11.8. The van der Waals surface area contributed by atoms with Gasteiger partial charge in [-0.3, -0.25) is 0 Å². The fourth-order valence-corrected chi connectivity index (χ4v) is 2.80. The highest BCUT2D eigenvalue weighted by Gasteiger charge is 2.30. The molecule has 0 bridgehead atoms. The molecular formula is C12H9ClF3NS. The van der Waals surface area contributed by atoms with Gasteiger partial charge >= 0.3 is 6.18 Å². The summed E-state index contributed by atoms with van der Waals surface area (Å²) in [5, 5.41) is 0. The predicted molar refractivity (Wildman–Crippen MR) is 68.9 cm³/mol. The molecule has 1 aromatic carbocycles. The Labute approximate surface area is 111 Å². The van der Waals surface area contributed by atoms with Crippen molar-refractivity contribution in [3.63, 3.8) is 0 Å². The van der Waals surface area contributed by atoms with Crippen molar-refractivity contribution >= 4 is 28.6 Å². The van der Waals surface area contributed by atoms with Gasteiger partial charge in [0.15, 0.2) is 0 Å². The summed E-state index contributed by atoms with van der Waals surface area (Å²) in [7, 11) is 0. The summed E-state index contributed by atoms with van der Waals surface area (Å²) in [6, 6.07) is 5.15. The SMILES string of the molecule is Cc1cc(-c2ccc(C(F)(F)F)cc2N)sc1Cl. The van der Waals surface area contributed by atoms with Crippen molar-refractivity contribution in [2.75, 3.05) is 5.73 Å². The lowest BCUT2D eigenvalue weighted by atomic mass is 10.1. The highest BCUT2D eigenvalue weighted by Crippen LogP contribution is 2.39. The molecule has 2 N–H and O–H groups in total. The molecule has 1 aromatic heterocycles. The van der Waals surface area contributed by atoms with Crippen LogP contribution in [0.5, 0.6) is 0 Å². The Kier molecular flexibility index (Phi) is 3.29. The van der Waals surface area contributed by atoms with Gasteiger partial charge in [-0.05, 0) is 30.7 Å². The molecule has 0 saturated heterocycles. The fourth-order valence-electron chi connectivity index (χ4n) is 1.56. The molecule has 0 spiro atoms.